The number of amides is 2. The highest BCUT2D eigenvalue weighted by atomic mass is 16.6. The van der Waals surface area contributed by atoms with E-state index in [1.165, 1.54) is 44.4 Å². The summed E-state index contributed by atoms with van der Waals surface area (Å²) >= 11 is 0. The van der Waals surface area contributed by atoms with E-state index in [1.54, 1.807) is 62.4 Å². The van der Waals surface area contributed by atoms with Gasteiger partial charge in [-0.25, -0.2) is 14.4 Å². The van der Waals surface area contributed by atoms with Gasteiger partial charge >= 0.3 is 29.9 Å². The number of aliphatic hydroxyl groups is 3. The fraction of sp³-hybridized carbons (Fsp3) is 0.467. The first-order valence-corrected chi connectivity index (χ1v) is 20.2. The highest BCUT2D eigenvalue weighted by Crippen LogP contribution is 2.64. The van der Waals surface area contributed by atoms with Crippen molar-refractivity contribution >= 4 is 41.4 Å². The molecule has 3 aromatic rings. The fourth-order valence-corrected chi connectivity index (χ4v) is 9.97. The molecule has 3 fully saturated rings. The molecule has 62 heavy (non-hydrogen) atoms. The maximum Gasteiger partial charge on any atom is 0.338 e. The van der Waals surface area contributed by atoms with E-state index in [9.17, 15) is 39.3 Å². The van der Waals surface area contributed by atoms with Crippen molar-refractivity contribution in [3.63, 3.8) is 0 Å². The second-order valence-corrected chi connectivity index (χ2v) is 17.1. The zero-order valence-corrected chi connectivity index (χ0v) is 35.0. The minimum atomic E-state index is -2.41. The Morgan fingerprint density at radius 1 is 0.887 bits per heavy atom. The van der Waals surface area contributed by atoms with Gasteiger partial charge in [-0.1, -0.05) is 50.2 Å². The number of fused-ring (bicyclic) bond motifs is 5. The average Bonchev–Trinajstić information content (AvgIpc) is 3.76. The molecule has 0 radical (unpaired) electrons. The molecule has 1 aliphatic heterocycles. The summed E-state index contributed by atoms with van der Waals surface area (Å²) in [5, 5.41) is 42.5. The van der Waals surface area contributed by atoms with Crippen LogP contribution in [0.2, 0.25) is 0 Å². The Labute approximate surface area is 356 Å². The number of anilines is 1. The van der Waals surface area contributed by atoms with Gasteiger partial charge in [0.05, 0.1) is 35.9 Å². The minimum absolute atomic E-state index is 0.0158. The summed E-state index contributed by atoms with van der Waals surface area (Å²) in [6.07, 6.45) is -9.46. The molecule has 2 heterocycles. The van der Waals surface area contributed by atoms with Crippen molar-refractivity contribution in [2.24, 2.45) is 16.7 Å². The van der Waals surface area contributed by atoms with Crippen molar-refractivity contribution < 1.29 is 72.2 Å². The molecule has 2 saturated carbocycles. The third kappa shape index (κ3) is 7.35. The summed E-state index contributed by atoms with van der Waals surface area (Å²) in [7, 11) is 0. The largest absolute Gasteiger partial charge is 0.467 e. The number of nitrogens with one attached hydrogen (secondary N) is 2. The zero-order valence-electron chi connectivity index (χ0n) is 35.0. The SMILES string of the molecule is CC(=O)O[C@H]1C(=O)[C@@]2(C)[C@H]([C@H](OC(=O)c3ccccc3)[C@]3(O)C[C@H](OC(=O)[C@H](O)[C@@H](NC(=O)Nc4ccccc4)c4ccco4)C(C)=C1C3(C)C)[C@]1(OC(C)=O)CO[C@@H]1C[C@@H]2O. The first kappa shape index (κ1) is 44.2. The van der Waals surface area contributed by atoms with Crippen LogP contribution in [0.5, 0.6) is 0 Å². The summed E-state index contributed by atoms with van der Waals surface area (Å²) in [6.45, 7) is 7.88. The van der Waals surface area contributed by atoms with E-state index in [2.05, 4.69) is 10.6 Å². The molecule has 4 aliphatic rings. The number of rotatable bonds is 10. The predicted octanol–water partition coefficient (Wildman–Crippen LogP) is 3.72. The molecule has 1 saturated heterocycles. The Kier molecular flexibility index (Phi) is 11.7. The van der Waals surface area contributed by atoms with Crippen LogP contribution in [0.15, 0.2) is 94.6 Å². The summed E-state index contributed by atoms with van der Waals surface area (Å²) < 4.78 is 35.6. The molecule has 2 aromatic carbocycles. The number of esters is 4. The van der Waals surface area contributed by atoms with Crippen molar-refractivity contribution in [3.05, 3.63) is 102 Å². The molecule has 330 valence electrons. The number of benzene rings is 2. The Morgan fingerprint density at radius 3 is 2.13 bits per heavy atom. The molecule has 2 amide bonds. The van der Waals surface area contributed by atoms with Crippen LogP contribution < -0.4 is 10.6 Å². The monoisotopic (exact) mass is 858 g/mol. The van der Waals surface area contributed by atoms with E-state index in [4.69, 9.17) is 28.1 Å². The molecule has 2 bridgehead atoms. The van der Waals surface area contributed by atoms with Crippen molar-refractivity contribution in [2.75, 3.05) is 11.9 Å². The molecule has 0 spiro atoms. The van der Waals surface area contributed by atoms with Gasteiger partial charge < -0.3 is 54.1 Å². The van der Waals surface area contributed by atoms with E-state index < -0.39 is 113 Å². The van der Waals surface area contributed by atoms with E-state index in [0.29, 0.717) is 5.69 Å². The van der Waals surface area contributed by atoms with Crippen LogP contribution in [0.3, 0.4) is 0 Å². The molecule has 1 aromatic heterocycles. The second kappa shape index (κ2) is 16.4. The van der Waals surface area contributed by atoms with Gasteiger partial charge in [-0.05, 0) is 61.4 Å². The smallest absolute Gasteiger partial charge is 0.338 e. The number of aliphatic hydroxyl groups excluding tert-OH is 2. The van der Waals surface area contributed by atoms with Gasteiger partial charge in [-0.3, -0.25) is 14.4 Å². The number of hydrogen-bond donors (Lipinski definition) is 5. The third-order valence-electron chi connectivity index (χ3n) is 13.2. The van der Waals surface area contributed by atoms with Crippen LogP contribution >= 0.6 is 0 Å². The van der Waals surface area contributed by atoms with E-state index in [-0.39, 0.29) is 35.5 Å². The van der Waals surface area contributed by atoms with Crippen LogP contribution in [0.1, 0.15) is 76.5 Å². The first-order valence-electron chi connectivity index (χ1n) is 20.2. The molecular formula is C45H50N2O15. The zero-order chi connectivity index (χ0) is 44.9. The fourth-order valence-electron chi connectivity index (χ4n) is 9.97. The number of urea groups is 1. The number of carbonyl (C=O) groups is 6. The van der Waals surface area contributed by atoms with Crippen molar-refractivity contribution in [2.45, 2.75) is 108 Å². The first-order chi connectivity index (χ1) is 29.3. The van der Waals surface area contributed by atoms with Crippen LogP contribution in [0.4, 0.5) is 10.5 Å². The quantitative estimate of drug-likeness (QED) is 0.111. The number of Topliss-reactive ketones (excluding diaryl/α,β-unsaturated/α-hetero) is 1. The summed E-state index contributed by atoms with van der Waals surface area (Å²) in [4.78, 5) is 83.0. The predicted molar refractivity (Wildman–Crippen MR) is 215 cm³/mol. The molecule has 3 aliphatic carbocycles. The second-order valence-electron chi connectivity index (χ2n) is 17.1. The van der Waals surface area contributed by atoms with Gasteiger partial charge in [0, 0.05) is 37.8 Å². The molecular weight excluding hydrogens is 808 g/mol. The normalized spacial score (nSPS) is 31.9. The molecule has 11 atom stereocenters. The molecule has 17 heteroatoms. The minimum Gasteiger partial charge on any atom is -0.467 e. The van der Waals surface area contributed by atoms with Crippen molar-refractivity contribution in [1.82, 2.24) is 5.32 Å². The number of carbonyl (C=O) groups excluding carboxylic acids is 6. The highest BCUT2D eigenvalue weighted by molar-refractivity contribution is 5.96. The maximum atomic E-state index is 15.5. The highest BCUT2D eigenvalue weighted by Gasteiger charge is 2.78. The molecule has 5 N–H and O–H groups in total. The number of ether oxygens (including phenoxy) is 5. The number of ketones is 1. The lowest BCUT2D eigenvalue weighted by Crippen LogP contribution is -2.82. The standard InChI is InChI=1S/C45H50N2O15/c1-23-29(60-40(54)34(51)33(28-18-13-19-57-28)47-41(55)46-27-16-11-8-12-17-27)21-45(56)38(61-39(53)26-14-9-7-10-15-26)36-43(6,30(50)20-31-44(36,22-58-31)62-25(3)49)37(52)35(59-24(2)48)32(23)42(45,4)5/h7-19,29-31,33-36,38,50-51,56H,20-22H2,1-6H3,(H2,46,47,55)/t29-,30-,31+,33-,34+,35+,36-,38-,43+,44-,45+/m0/s1. The lowest BCUT2D eigenvalue weighted by Gasteiger charge is -2.67. The van der Waals surface area contributed by atoms with E-state index in [0.717, 1.165) is 13.8 Å². The average molecular weight is 859 g/mol. The van der Waals surface area contributed by atoms with Gasteiger partial charge in [0.2, 0.25) is 0 Å². The van der Waals surface area contributed by atoms with Gasteiger partial charge in [-0.15, -0.1) is 0 Å². The third-order valence-corrected chi connectivity index (χ3v) is 13.2. The maximum absolute atomic E-state index is 15.5. The van der Waals surface area contributed by atoms with Crippen LogP contribution in [0.25, 0.3) is 0 Å². The van der Waals surface area contributed by atoms with Crippen LogP contribution in [-0.2, 0) is 42.9 Å². The Balaban J connectivity index is 1.36. The number of furan rings is 1. The van der Waals surface area contributed by atoms with Crippen molar-refractivity contribution in [3.8, 4) is 0 Å². The van der Waals surface area contributed by atoms with Gasteiger partial charge in [0.25, 0.3) is 0 Å². The molecule has 0 unspecified atom stereocenters. The van der Waals surface area contributed by atoms with Crippen molar-refractivity contribution in [1.29, 1.82) is 0 Å². The van der Waals surface area contributed by atoms with E-state index >= 15 is 4.79 Å². The summed E-state index contributed by atoms with van der Waals surface area (Å²) in [6, 6.07) is 16.8. The van der Waals surface area contributed by atoms with Gasteiger partial charge in [-0.2, -0.15) is 0 Å². The Morgan fingerprint density at radius 2 is 1.55 bits per heavy atom. The molecule has 17 nitrogen and oxygen atoms in total. The van der Waals surface area contributed by atoms with Gasteiger partial charge in [0.15, 0.2) is 23.6 Å². The number of hydrogen-bond acceptors (Lipinski definition) is 15. The Bertz CT molecular complexity index is 2260. The summed E-state index contributed by atoms with van der Waals surface area (Å²) in [5.74, 6) is -6.40. The van der Waals surface area contributed by atoms with E-state index in [1.807, 2.05) is 0 Å². The Hall–Kier alpha value is -5.88. The summed E-state index contributed by atoms with van der Waals surface area (Å²) in [5.41, 5.74) is -7.35. The van der Waals surface area contributed by atoms with Gasteiger partial charge in [0.1, 0.15) is 35.7 Å². The van der Waals surface area contributed by atoms with Crippen LogP contribution in [0, 0.1) is 16.7 Å². The topological polar surface area (TPSA) is 246 Å². The lowest BCUT2D eigenvalue weighted by atomic mass is 9.44. The van der Waals surface area contributed by atoms with Crippen LogP contribution in [-0.4, -0.2) is 105 Å². The number of para-hydroxylation sites is 1. The lowest BCUT2D eigenvalue weighted by molar-refractivity contribution is -0.346. The molecule has 7 rings (SSSR count).